The Balaban J connectivity index is 3.01. The lowest BCUT2D eigenvalue weighted by molar-refractivity contribution is 0.180. The Hall–Kier alpha value is -1.10. The molecule has 0 heterocycles. The van der Waals surface area contributed by atoms with Crippen LogP contribution in [0.15, 0.2) is 22.7 Å². The number of nitrogens with zero attached hydrogens (tertiary/aromatic N) is 1. The number of benzene rings is 1. The van der Waals surface area contributed by atoms with Gasteiger partial charge in [0.15, 0.2) is 0 Å². The molecule has 1 aromatic carbocycles. The number of carbonyl (C=O) groups is 1. The van der Waals surface area contributed by atoms with E-state index in [0.717, 1.165) is 4.90 Å². The molecule has 1 rings (SSSR count). The first-order chi connectivity index (χ1) is 6.56. The van der Waals surface area contributed by atoms with Crippen molar-refractivity contribution < 1.29 is 13.9 Å². The summed E-state index contributed by atoms with van der Waals surface area (Å²) in [5.74, 6) is -0.479. The summed E-state index contributed by atoms with van der Waals surface area (Å²) in [6.45, 7) is 0. The van der Waals surface area contributed by atoms with Crippen LogP contribution in [0.4, 0.5) is 14.9 Å². The second kappa shape index (κ2) is 4.41. The van der Waals surface area contributed by atoms with Crippen LogP contribution in [-0.4, -0.2) is 20.3 Å². The number of halogens is 2. The minimum Gasteiger partial charge on any atom is -0.452 e. The summed E-state index contributed by atoms with van der Waals surface area (Å²) in [5, 5.41) is 0. The Morgan fingerprint density at radius 3 is 2.71 bits per heavy atom. The van der Waals surface area contributed by atoms with Crippen LogP contribution in [0.5, 0.6) is 0 Å². The van der Waals surface area contributed by atoms with Crippen LogP contribution < -0.4 is 4.90 Å². The van der Waals surface area contributed by atoms with Crippen LogP contribution in [0.2, 0.25) is 0 Å². The van der Waals surface area contributed by atoms with Gasteiger partial charge in [-0.2, -0.15) is 0 Å². The highest BCUT2D eigenvalue weighted by Gasteiger charge is 2.14. The van der Waals surface area contributed by atoms with E-state index in [-0.39, 0.29) is 5.69 Å². The second-order valence-electron chi connectivity index (χ2n) is 2.62. The smallest absolute Gasteiger partial charge is 0.413 e. The van der Waals surface area contributed by atoms with Crippen LogP contribution in [0, 0.1) is 5.82 Å². The van der Waals surface area contributed by atoms with E-state index in [0.29, 0.717) is 4.47 Å². The molecule has 0 saturated heterocycles. The van der Waals surface area contributed by atoms with E-state index in [1.54, 1.807) is 6.07 Å². The molecule has 0 radical (unpaired) electrons. The molecule has 76 valence electrons. The zero-order valence-electron chi connectivity index (χ0n) is 7.75. The summed E-state index contributed by atoms with van der Waals surface area (Å²) in [6.07, 6.45) is -0.605. The monoisotopic (exact) mass is 261 g/mol. The molecule has 0 spiro atoms. The molecule has 1 aromatic rings. The second-order valence-corrected chi connectivity index (χ2v) is 3.54. The summed E-state index contributed by atoms with van der Waals surface area (Å²) in [6, 6.07) is 4.43. The van der Waals surface area contributed by atoms with Crippen molar-refractivity contribution >= 4 is 27.7 Å². The van der Waals surface area contributed by atoms with Crippen molar-refractivity contribution in [1.29, 1.82) is 0 Å². The predicted molar refractivity (Wildman–Crippen MR) is 54.9 cm³/mol. The summed E-state index contributed by atoms with van der Waals surface area (Å²) in [5.41, 5.74) is 0.181. The van der Waals surface area contributed by atoms with Gasteiger partial charge in [0.2, 0.25) is 0 Å². The van der Waals surface area contributed by atoms with Crippen molar-refractivity contribution in [3.8, 4) is 0 Å². The molecule has 1 amide bonds. The first kappa shape index (κ1) is 11.0. The average Bonchev–Trinajstić information content (AvgIpc) is 2.15. The van der Waals surface area contributed by atoms with Gasteiger partial charge in [0.25, 0.3) is 0 Å². The lowest BCUT2D eigenvalue weighted by Gasteiger charge is -2.16. The van der Waals surface area contributed by atoms with E-state index in [4.69, 9.17) is 0 Å². The van der Waals surface area contributed by atoms with Gasteiger partial charge < -0.3 is 4.74 Å². The quantitative estimate of drug-likeness (QED) is 0.778. The Labute approximate surface area is 89.6 Å². The van der Waals surface area contributed by atoms with Gasteiger partial charge in [0, 0.05) is 11.5 Å². The first-order valence-electron chi connectivity index (χ1n) is 3.83. The minimum absolute atomic E-state index is 0.181. The Morgan fingerprint density at radius 2 is 2.21 bits per heavy atom. The van der Waals surface area contributed by atoms with E-state index in [2.05, 4.69) is 20.7 Å². The van der Waals surface area contributed by atoms with Crippen molar-refractivity contribution in [3.05, 3.63) is 28.5 Å². The number of hydrogen-bond acceptors (Lipinski definition) is 2. The molecular formula is C9H9BrFNO2. The number of rotatable bonds is 1. The molecule has 0 aliphatic rings. The fraction of sp³-hybridized carbons (Fsp3) is 0.222. The number of carbonyl (C=O) groups excluding carboxylic acids is 1. The van der Waals surface area contributed by atoms with E-state index < -0.39 is 11.9 Å². The lowest BCUT2D eigenvalue weighted by Crippen LogP contribution is -2.26. The zero-order chi connectivity index (χ0) is 10.7. The number of anilines is 1. The van der Waals surface area contributed by atoms with Gasteiger partial charge in [-0.05, 0) is 18.2 Å². The number of ether oxygens (including phenoxy) is 1. The molecule has 0 unspecified atom stereocenters. The summed E-state index contributed by atoms with van der Waals surface area (Å²) in [7, 11) is 2.69. The normalized spacial score (nSPS) is 9.71. The first-order valence-corrected chi connectivity index (χ1v) is 4.62. The topological polar surface area (TPSA) is 29.5 Å². The standard InChI is InChI=1S/C9H9BrFNO2/c1-12(9(13)14-2)8-4-3-6(10)5-7(8)11/h3-5H,1-2H3. The van der Waals surface area contributed by atoms with E-state index in [9.17, 15) is 9.18 Å². The Morgan fingerprint density at radius 1 is 1.57 bits per heavy atom. The maximum atomic E-state index is 13.3. The van der Waals surface area contributed by atoms with Gasteiger partial charge in [0.1, 0.15) is 5.82 Å². The third-order valence-electron chi connectivity index (χ3n) is 1.72. The summed E-state index contributed by atoms with van der Waals surface area (Å²) >= 11 is 3.12. The van der Waals surface area contributed by atoms with Crippen LogP contribution >= 0.6 is 15.9 Å². The molecule has 0 saturated carbocycles. The largest absolute Gasteiger partial charge is 0.452 e. The van der Waals surface area contributed by atoms with Crippen LogP contribution in [0.3, 0.4) is 0 Å². The van der Waals surface area contributed by atoms with Crippen molar-refractivity contribution in [2.24, 2.45) is 0 Å². The van der Waals surface area contributed by atoms with Crippen molar-refractivity contribution in [2.75, 3.05) is 19.1 Å². The molecule has 5 heteroatoms. The lowest BCUT2D eigenvalue weighted by atomic mass is 10.3. The molecule has 0 fully saturated rings. The molecule has 0 aromatic heterocycles. The highest BCUT2D eigenvalue weighted by Crippen LogP contribution is 2.22. The Kier molecular flexibility index (Phi) is 3.46. The fourth-order valence-corrected chi connectivity index (χ4v) is 1.32. The van der Waals surface area contributed by atoms with Gasteiger partial charge in [-0.15, -0.1) is 0 Å². The van der Waals surface area contributed by atoms with Gasteiger partial charge in [-0.25, -0.2) is 9.18 Å². The van der Waals surface area contributed by atoms with Crippen LogP contribution in [-0.2, 0) is 4.74 Å². The molecule has 0 bridgehead atoms. The van der Waals surface area contributed by atoms with Gasteiger partial charge in [-0.3, -0.25) is 4.90 Å². The molecule has 0 aliphatic heterocycles. The fourth-order valence-electron chi connectivity index (χ4n) is 0.989. The summed E-state index contributed by atoms with van der Waals surface area (Å²) < 4.78 is 18.4. The maximum absolute atomic E-state index is 13.3. The van der Waals surface area contributed by atoms with Gasteiger partial charge in [-0.1, -0.05) is 15.9 Å². The SMILES string of the molecule is COC(=O)N(C)c1ccc(Br)cc1F. The molecule has 0 atom stereocenters. The minimum atomic E-state index is -0.605. The van der Waals surface area contributed by atoms with Crippen molar-refractivity contribution in [1.82, 2.24) is 0 Å². The van der Waals surface area contributed by atoms with Gasteiger partial charge >= 0.3 is 6.09 Å². The van der Waals surface area contributed by atoms with E-state index in [1.165, 1.54) is 26.3 Å². The van der Waals surface area contributed by atoms with Gasteiger partial charge in [0.05, 0.1) is 12.8 Å². The number of amides is 1. The molecule has 14 heavy (non-hydrogen) atoms. The Bertz CT molecular complexity index is 357. The maximum Gasteiger partial charge on any atom is 0.413 e. The van der Waals surface area contributed by atoms with Crippen molar-refractivity contribution in [2.45, 2.75) is 0 Å². The van der Waals surface area contributed by atoms with Crippen molar-refractivity contribution in [3.63, 3.8) is 0 Å². The molecule has 0 N–H and O–H groups in total. The van der Waals surface area contributed by atoms with Crippen LogP contribution in [0.25, 0.3) is 0 Å². The number of hydrogen-bond donors (Lipinski definition) is 0. The average molecular weight is 262 g/mol. The highest BCUT2D eigenvalue weighted by atomic mass is 79.9. The highest BCUT2D eigenvalue weighted by molar-refractivity contribution is 9.10. The molecular weight excluding hydrogens is 253 g/mol. The predicted octanol–water partition coefficient (Wildman–Crippen LogP) is 2.79. The van der Waals surface area contributed by atoms with E-state index >= 15 is 0 Å². The third-order valence-corrected chi connectivity index (χ3v) is 2.21. The third kappa shape index (κ3) is 2.23. The molecule has 3 nitrogen and oxygen atoms in total. The molecule has 0 aliphatic carbocycles. The zero-order valence-corrected chi connectivity index (χ0v) is 9.34. The summed E-state index contributed by atoms with van der Waals surface area (Å²) in [4.78, 5) is 12.2. The van der Waals surface area contributed by atoms with Crippen LogP contribution in [0.1, 0.15) is 0 Å². The van der Waals surface area contributed by atoms with E-state index in [1.807, 2.05) is 0 Å². The number of methoxy groups -OCH3 is 1.